The second-order valence-corrected chi connectivity index (χ2v) is 9.16. The quantitative estimate of drug-likeness (QED) is 0.559. The highest BCUT2D eigenvalue weighted by Crippen LogP contribution is 2.30. The van der Waals surface area contributed by atoms with Crippen LogP contribution in [0.2, 0.25) is 0 Å². The first-order valence-electron chi connectivity index (χ1n) is 9.13. The molecule has 1 N–H and O–H groups in total. The molecular weight excluding hydrogens is 328 g/mol. The maximum Gasteiger partial charge on any atom is 0.303 e. The lowest BCUT2D eigenvalue weighted by Gasteiger charge is -2.22. The standard InChI is InChI=1S/C15H24O2S.C7H6/c1-5-6-13-12(9-11(2)18-13)7-8-15(3,4)10-14(16)17;1-5-4-6-2-3-7(5)6/h9H,5-8,10H2,1-4H3,(H,16,17);2-4H,1H3. The number of carboxylic acid groups (broad SMARTS) is 1. The van der Waals surface area contributed by atoms with Gasteiger partial charge in [0.15, 0.2) is 0 Å². The lowest BCUT2D eigenvalue weighted by Crippen LogP contribution is -2.17. The fourth-order valence-corrected chi connectivity index (χ4v) is 4.41. The molecule has 2 aliphatic carbocycles. The largest absolute Gasteiger partial charge is 0.481 e. The minimum absolute atomic E-state index is 0.120. The number of hydrogen-bond acceptors (Lipinski definition) is 2. The molecule has 0 saturated heterocycles. The van der Waals surface area contributed by atoms with E-state index in [-0.39, 0.29) is 11.8 Å². The molecule has 0 atom stereocenters. The average molecular weight is 359 g/mol. The summed E-state index contributed by atoms with van der Waals surface area (Å²) in [4.78, 5) is 13.7. The molecule has 25 heavy (non-hydrogen) atoms. The molecule has 3 heteroatoms. The lowest BCUT2D eigenvalue weighted by atomic mass is 9.83. The Morgan fingerprint density at radius 3 is 2.28 bits per heavy atom. The minimum atomic E-state index is -0.699. The summed E-state index contributed by atoms with van der Waals surface area (Å²) in [5, 5.41) is 11.8. The third-order valence-electron chi connectivity index (χ3n) is 4.74. The highest BCUT2D eigenvalue weighted by molar-refractivity contribution is 7.12. The minimum Gasteiger partial charge on any atom is -0.481 e. The number of benzene rings is 1. The molecule has 0 amide bonds. The van der Waals surface area contributed by atoms with E-state index in [0.29, 0.717) is 0 Å². The van der Waals surface area contributed by atoms with Crippen LogP contribution < -0.4 is 0 Å². The lowest BCUT2D eigenvalue weighted by molar-refractivity contribution is -0.139. The van der Waals surface area contributed by atoms with Crippen LogP contribution in [0.15, 0.2) is 24.3 Å². The van der Waals surface area contributed by atoms with E-state index in [2.05, 4.69) is 45.0 Å². The Kier molecular flexibility index (Phi) is 6.45. The van der Waals surface area contributed by atoms with Crippen molar-refractivity contribution in [1.29, 1.82) is 0 Å². The fourth-order valence-electron chi connectivity index (χ4n) is 3.22. The van der Waals surface area contributed by atoms with Gasteiger partial charge in [-0.05, 0) is 66.2 Å². The van der Waals surface area contributed by atoms with Crippen molar-refractivity contribution >= 4 is 17.3 Å². The summed E-state index contributed by atoms with van der Waals surface area (Å²) in [7, 11) is 0. The van der Waals surface area contributed by atoms with Gasteiger partial charge in [0.25, 0.3) is 0 Å². The Balaban J connectivity index is 0.000000261. The van der Waals surface area contributed by atoms with Gasteiger partial charge in [-0.25, -0.2) is 0 Å². The summed E-state index contributed by atoms with van der Waals surface area (Å²) in [6, 6.07) is 8.77. The van der Waals surface area contributed by atoms with Crippen molar-refractivity contribution < 1.29 is 9.90 Å². The van der Waals surface area contributed by atoms with E-state index in [1.54, 1.807) is 0 Å². The topological polar surface area (TPSA) is 37.3 Å². The average Bonchev–Trinajstić information content (AvgIpc) is 2.82. The number of carboxylic acids is 1. The third kappa shape index (κ3) is 5.43. The van der Waals surface area contributed by atoms with Crippen molar-refractivity contribution in [2.45, 2.75) is 66.7 Å². The highest BCUT2D eigenvalue weighted by atomic mass is 32.1. The van der Waals surface area contributed by atoms with E-state index in [1.165, 1.54) is 37.7 Å². The van der Waals surface area contributed by atoms with E-state index in [4.69, 9.17) is 5.11 Å². The van der Waals surface area contributed by atoms with E-state index in [1.807, 2.05) is 25.2 Å². The number of carbonyl (C=O) groups is 1. The van der Waals surface area contributed by atoms with Gasteiger partial charge in [-0.1, -0.05) is 45.4 Å². The van der Waals surface area contributed by atoms with Crippen LogP contribution in [0.3, 0.4) is 0 Å². The molecule has 2 aliphatic rings. The summed E-state index contributed by atoms with van der Waals surface area (Å²) in [6.07, 6.45) is 4.50. The maximum absolute atomic E-state index is 10.8. The van der Waals surface area contributed by atoms with Crippen LogP contribution in [0.1, 0.15) is 60.9 Å². The van der Waals surface area contributed by atoms with E-state index in [0.717, 1.165) is 19.3 Å². The van der Waals surface area contributed by atoms with Gasteiger partial charge in [0.2, 0.25) is 0 Å². The molecule has 136 valence electrons. The SMILES string of the molecule is CCCc1sc(C)cc1CCC(C)(C)CC(=O)O.Cc1cc2ccc1=2. The van der Waals surface area contributed by atoms with Gasteiger partial charge in [0, 0.05) is 9.75 Å². The first-order chi connectivity index (χ1) is 11.7. The smallest absolute Gasteiger partial charge is 0.303 e. The van der Waals surface area contributed by atoms with Crippen molar-refractivity contribution in [3.63, 3.8) is 0 Å². The molecule has 1 aromatic rings. The molecule has 0 saturated carbocycles. The Morgan fingerprint density at radius 1 is 1.16 bits per heavy atom. The predicted molar refractivity (Wildman–Crippen MR) is 106 cm³/mol. The van der Waals surface area contributed by atoms with Crippen molar-refractivity contribution in [2.75, 3.05) is 0 Å². The van der Waals surface area contributed by atoms with Crippen molar-refractivity contribution in [2.24, 2.45) is 5.41 Å². The molecule has 0 aliphatic heterocycles. The van der Waals surface area contributed by atoms with Crippen LogP contribution in [0.25, 0.3) is 0 Å². The van der Waals surface area contributed by atoms with Crippen molar-refractivity contribution in [3.8, 4) is 0 Å². The highest BCUT2D eigenvalue weighted by Gasteiger charge is 2.22. The van der Waals surface area contributed by atoms with Crippen LogP contribution in [0, 0.1) is 29.7 Å². The monoisotopic (exact) mass is 358 g/mol. The summed E-state index contributed by atoms with van der Waals surface area (Å²) >= 11 is 1.89. The molecule has 3 rings (SSSR count). The zero-order valence-corrected chi connectivity index (χ0v) is 16.9. The molecule has 1 heterocycles. The molecule has 0 aromatic carbocycles. The molecule has 0 bridgehead atoms. The Bertz CT molecular complexity index is 830. The first kappa shape index (κ1) is 19.7. The Morgan fingerprint density at radius 2 is 1.88 bits per heavy atom. The maximum atomic E-state index is 10.8. The second kappa shape index (κ2) is 8.18. The zero-order valence-electron chi connectivity index (χ0n) is 16.1. The van der Waals surface area contributed by atoms with E-state index in [9.17, 15) is 4.79 Å². The molecule has 0 radical (unpaired) electrons. The predicted octanol–water partition coefficient (Wildman–Crippen LogP) is 6.04. The number of hydrogen-bond donors (Lipinski definition) is 1. The Hall–Kier alpha value is -1.61. The number of aryl methyl sites for hydroxylation is 4. The molecule has 1 aromatic heterocycles. The van der Waals surface area contributed by atoms with Crippen LogP contribution in [-0.2, 0) is 17.6 Å². The van der Waals surface area contributed by atoms with Crippen LogP contribution in [0.5, 0.6) is 0 Å². The molecule has 0 fully saturated rings. The van der Waals surface area contributed by atoms with E-state index < -0.39 is 5.97 Å². The molecule has 0 unspecified atom stereocenters. The van der Waals surface area contributed by atoms with Gasteiger partial charge < -0.3 is 5.11 Å². The third-order valence-corrected chi connectivity index (χ3v) is 5.89. The van der Waals surface area contributed by atoms with Gasteiger partial charge >= 0.3 is 5.97 Å². The van der Waals surface area contributed by atoms with Crippen molar-refractivity contribution in [1.82, 2.24) is 0 Å². The molecule has 2 nitrogen and oxygen atoms in total. The normalized spacial score (nSPS) is 11.7. The number of rotatable bonds is 7. The van der Waals surface area contributed by atoms with Crippen LogP contribution >= 0.6 is 11.3 Å². The van der Waals surface area contributed by atoms with Gasteiger partial charge in [0.05, 0.1) is 6.42 Å². The van der Waals surface area contributed by atoms with Gasteiger partial charge in [-0.15, -0.1) is 11.3 Å². The summed E-state index contributed by atoms with van der Waals surface area (Å²) in [5.41, 5.74) is 2.75. The summed E-state index contributed by atoms with van der Waals surface area (Å²) in [5.74, 6) is -0.699. The number of thiophene rings is 1. The number of aliphatic carboxylic acids is 1. The first-order valence-corrected chi connectivity index (χ1v) is 9.94. The van der Waals surface area contributed by atoms with Gasteiger partial charge in [-0.3, -0.25) is 4.79 Å². The molecular formula is C22H30O2S. The second-order valence-electron chi connectivity index (χ2n) is 7.82. The Labute approximate surface area is 155 Å². The summed E-state index contributed by atoms with van der Waals surface area (Å²) < 4.78 is 0. The fraction of sp³-hybridized carbons (Fsp3) is 0.500. The van der Waals surface area contributed by atoms with Crippen molar-refractivity contribution in [3.05, 3.63) is 55.6 Å². The summed E-state index contributed by atoms with van der Waals surface area (Å²) in [6.45, 7) is 10.6. The van der Waals surface area contributed by atoms with E-state index >= 15 is 0 Å². The van der Waals surface area contributed by atoms with Crippen LogP contribution in [-0.4, -0.2) is 11.1 Å². The zero-order chi connectivity index (χ0) is 18.6. The van der Waals surface area contributed by atoms with Gasteiger partial charge in [-0.2, -0.15) is 0 Å². The molecule has 0 spiro atoms. The van der Waals surface area contributed by atoms with Crippen LogP contribution in [0.4, 0.5) is 0 Å². The van der Waals surface area contributed by atoms with Gasteiger partial charge in [0.1, 0.15) is 0 Å².